The molecule has 78 valence electrons. The standard InChI is InChI=1S/C9H18O3S/c1-2-3-6-12-9(11)5-4-7-13-8-10/h10H,2-8H2,1H3. The molecule has 0 saturated heterocycles. The number of carbonyl (C=O) groups is 1. The van der Waals surface area contributed by atoms with E-state index in [1.807, 2.05) is 0 Å². The van der Waals surface area contributed by atoms with Crippen molar-refractivity contribution in [2.45, 2.75) is 32.6 Å². The molecule has 0 atom stereocenters. The number of thioether (sulfide) groups is 1. The van der Waals surface area contributed by atoms with Crippen molar-refractivity contribution >= 4 is 17.7 Å². The Morgan fingerprint density at radius 1 is 1.46 bits per heavy atom. The first kappa shape index (κ1) is 12.8. The van der Waals surface area contributed by atoms with Crippen molar-refractivity contribution in [1.82, 2.24) is 0 Å². The number of hydrogen-bond acceptors (Lipinski definition) is 4. The van der Waals surface area contributed by atoms with Crippen LogP contribution in [0.15, 0.2) is 0 Å². The van der Waals surface area contributed by atoms with Crippen LogP contribution in [0.1, 0.15) is 32.6 Å². The third-order valence-corrected chi connectivity index (χ3v) is 2.28. The predicted molar refractivity (Wildman–Crippen MR) is 54.6 cm³/mol. The summed E-state index contributed by atoms with van der Waals surface area (Å²) in [4.78, 5) is 11.0. The maximum absolute atomic E-state index is 11.0. The number of aliphatic hydroxyl groups excluding tert-OH is 1. The van der Waals surface area contributed by atoms with Gasteiger partial charge in [0.05, 0.1) is 12.5 Å². The first-order chi connectivity index (χ1) is 6.31. The molecule has 0 aliphatic carbocycles. The number of ether oxygens (including phenoxy) is 1. The normalized spacial score (nSPS) is 10.0. The second-order valence-corrected chi connectivity index (χ2v) is 3.79. The van der Waals surface area contributed by atoms with E-state index in [1.165, 1.54) is 11.8 Å². The van der Waals surface area contributed by atoms with Crippen molar-refractivity contribution < 1.29 is 14.6 Å². The summed E-state index contributed by atoms with van der Waals surface area (Å²) in [6.45, 7) is 2.61. The Labute approximate surface area is 83.9 Å². The van der Waals surface area contributed by atoms with E-state index in [4.69, 9.17) is 9.84 Å². The lowest BCUT2D eigenvalue weighted by Crippen LogP contribution is -2.05. The predicted octanol–water partition coefficient (Wildman–Crippen LogP) is 1.79. The van der Waals surface area contributed by atoms with Crippen LogP contribution in [0.2, 0.25) is 0 Å². The Kier molecular flexibility index (Phi) is 9.70. The molecule has 0 heterocycles. The van der Waals surface area contributed by atoms with Crippen molar-refractivity contribution in [3.05, 3.63) is 0 Å². The van der Waals surface area contributed by atoms with Gasteiger partial charge in [0.15, 0.2) is 0 Å². The zero-order chi connectivity index (χ0) is 9.94. The molecule has 0 aliphatic rings. The van der Waals surface area contributed by atoms with Crippen LogP contribution in [0.25, 0.3) is 0 Å². The molecule has 0 bridgehead atoms. The number of aliphatic hydroxyl groups is 1. The van der Waals surface area contributed by atoms with Crippen LogP contribution in [-0.4, -0.2) is 29.4 Å². The Morgan fingerprint density at radius 2 is 2.23 bits per heavy atom. The van der Waals surface area contributed by atoms with Crippen molar-refractivity contribution in [2.75, 3.05) is 18.3 Å². The smallest absolute Gasteiger partial charge is 0.305 e. The lowest BCUT2D eigenvalue weighted by Gasteiger charge is -2.02. The number of unbranched alkanes of at least 4 members (excludes halogenated alkanes) is 1. The Hall–Kier alpha value is -0.220. The van der Waals surface area contributed by atoms with Crippen LogP contribution in [0.4, 0.5) is 0 Å². The monoisotopic (exact) mass is 206 g/mol. The molecule has 0 aliphatic heterocycles. The van der Waals surface area contributed by atoms with E-state index in [2.05, 4.69) is 6.92 Å². The highest BCUT2D eigenvalue weighted by molar-refractivity contribution is 7.99. The summed E-state index contributed by atoms with van der Waals surface area (Å²) in [5, 5.41) is 8.45. The minimum atomic E-state index is -0.119. The molecule has 0 fully saturated rings. The van der Waals surface area contributed by atoms with Gasteiger partial charge in [-0.3, -0.25) is 4.79 Å². The third kappa shape index (κ3) is 9.70. The molecule has 0 aromatic carbocycles. The molecular formula is C9H18O3S. The van der Waals surface area contributed by atoms with Gasteiger partial charge in [-0.15, -0.1) is 11.8 Å². The fourth-order valence-electron chi connectivity index (χ4n) is 0.786. The molecular weight excluding hydrogens is 188 g/mol. The van der Waals surface area contributed by atoms with Gasteiger partial charge in [-0.1, -0.05) is 13.3 Å². The minimum absolute atomic E-state index is 0.119. The van der Waals surface area contributed by atoms with Crippen LogP contribution in [0.5, 0.6) is 0 Å². The molecule has 0 saturated carbocycles. The van der Waals surface area contributed by atoms with Crippen molar-refractivity contribution in [1.29, 1.82) is 0 Å². The van der Waals surface area contributed by atoms with E-state index in [0.717, 1.165) is 25.0 Å². The van der Waals surface area contributed by atoms with Gasteiger partial charge in [0.25, 0.3) is 0 Å². The van der Waals surface area contributed by atoms with Gasteiger partial charge < -0.3 is 9.84 Å². The van der Waals surface area contributed by atoms with Crippen LogP contribution in [-0.2, 0) is 9.53 Å². The molecule has 0 spiro atoms. The summed E-state index contributed by atoms with van der Waals surface area (Å²) < 4.78 is 4.95. The highest BCUT2D eigenvalue weighted by Crippen LogP contribution is 2.03. The molecule has 0 aromatic heterocycles. The molecule has 3 nitrogen and oxygen atoms in total. The van der Waals surface area contributed by atoms with Crippen molar-refractivity contribution in [2.24, 2.45) is 0 Å². The molecule has 13 heavy (non-hydrogen) atoms. The highest BCUT2D eigenvalue weighted by atomic mass is 32.2. The van der Waals surface area contributed by atoms with Gasteiger partial charge in [-0.05, 0) is 18.6 Å². The summed E-state index contributed by atoms with van der Waals surface area (Å²) in [5.74, 6) is 0.830. The molecule has 0 aromatic rings. The molecule has 1 N–H and O–H groups in total. The molecule has 0 radical (unpaired) electrons. The zero-order valence-electron chi connectivity index (χ0n) is 8.12. The Bertz CT molecular complexity index is 128. The van der Waals surface area contributed by atoms with Gasteiger partial charge in [0.2, 0.25) is 0 Å². The minimum Gasteiger partial charge on any atom is -0.466 e. The topological polar surface area (TPSA) is 46.5 Å². The molecule has 0 amide bonds. The summed E-state index contributed by atoms with van der Waals surface area (Å²) in [5.41, 5.74) is 0. The second-order valence-electron chi connectivity index (χ2n) is 2.71. The molecule has 0 unspecified atom stereocenters. The largest absolute Gasteiger partial charge is 0.466 e. The van der Waals surface area contributed by atoms with E-state index in [1.54, 1.807) is 0 Å². The van der Waals surface area contributed by atoms with Gasteiger partial charge in [0.1, 0.15) is 0 Å². The summed E-state index contributed by atoms with van der Waals surface area (Å²) >= 11 is 1.43. The summed E-state index contributed by atoms with van der Waals surface area (Å²) in [6.07, 6.45) is 3.25. The molecule has 4 heteroatoms. The first-order valence-electron chi connectivity index (χ1n) is 4.65. The Balaban J connectivity index is 3.11. The van der Waals surface area contributed by atoms with Crippen molar-refractivity contribution in [3.63, 3.8) is 0 Å². The third-order valence-electron chi connectivity index (χ3n) is 1.52. The Morgan fingerprint density at radius 3 is 2.85 bits per heavy atom. The van der Waals surface area contributed by atoms with E-state index < -0.39 is 0 Å². The SMILES string of the molecule is CCCCOC(=O)CCCSCO. The van der Waals surface area contributed by atoms with Gasteiger partial charge in [-0.2, -0.15) is 0 Å². The van der Waals surface area contributed by atoms with E-state index in [-0.39, 0.29) is 11.9 Å². The number of rotatable bonds is 8. The van der Waals surface area contributed by atoms with Gasteiger partial charge >= 0.3 is 5.97 Å². The van der Waals surface area contributed by atoms with E-state index in [0.29, 0.717) is 13.0 Å². The van der Waals surface area contributed by atoms with Crippen LogP contribution in [0.3, 0.4) is 0 Å². The number of hydrogen-bond donors (Lipinski definition) is 1. The fourth-order valence-corrected chi connectivity index (χ4v) is 1.26. The number of esters is 1. The van der Waals surface area contributed by atoms with E-state index >= 15 is 0 Å². The van der Waals surface area contributed by atoms with Crippen molar-refractivity contribution in [3.8, 4) is 0 Å². The van der Waals surface area contributed by atoms with Crippen LogP contribution in [0, 0.1) is 0 Å². The average Bonchev–Trinajstić information content (AvgIpc) is 2.13. The summed E-state index contributed by atoms with van der Waals surface area (Å²) in [6, 6.07) is 0. The maximum Gasteiger partial charge on any atom is 0.305 e. The molecule has 0 rings (SSSR count). The van der Waals surface area contributed by atoms with Gasteiger partial charge in [0, 0.05) is 6.42 Å². The average molecular weight is 206 g/mol. The van der Waals surface area contributed by atoms with E-state index in [9.17, 15) is 4.79 Å². The fraction of sp³-hybridized carbons (Fsp3) is 0.889. The second kappa shape index (κ2) is 9.86. The number of carbonyl (C=O) groups excluding carboxylic acids is 1. The zero-order valence-corrected chi connectivity index (χ0v) is 8.94. The summed E-state index contributed by atoms with van der Waals surface area (Å²) in [7, 11) is 0. The van der Waals surface area contributed by atoms with Crippen LogP contribution >= 0.6 is 11.8 Å². The first-order valence-corrected chi connectivity index (χ1v) is 5.81. The lowest BCUT2D eigenvalue weighted by molar-refractivity contribution is -0.143. The van der Waals surface area contributed by atoms with Gasteiger partial charge in [-0.25, -0.2) is 0 Å². The van der Waals surface area contributed by atoms with Crippen LogP contribution < -0.4 is 0 Å². The maximum atomic E-state index is 11.0. The highest BCUT2D eigenvalue weighted by Gasteiger charge is 2.01. The quantitative estimate of drug-likeness (QED) is 0.373. The lowest BCUT2D eigenvalue weighted by atomic mass is 10.3.